The lowest BCUT2D eigenvalue weighted by atomic mass is 10.3. The second-order valence-corrected chi connectivity index (χ2v) is 2.49. The van der Waals surface area contributed by atoms with Crippen LogP contribution in [0, 0.1) is 0 Å². The fourth-order valence-electron chi connectivity index (χ4n) is 1.00. The minimum absolute atomic E-state index is 0.871. The molecular weight excluding hydrogens is 150 g/mol. The maximum atomic E-state index is 5.13. The second-order valence-electron chi connectivity index (χ2n) is 2.49. The molecule has 60 valence electrons. The quantitative estimate of drug-likeness (QED) is 0.717. The smallest absolute Gasteiger partial charge is 0.126 e. The van der Waals surface area contributed by atoms with E-state index in [0.717, 1.165) is 11.3 Å². The van der Waals surface area contributed by atoms with Crippen LogP contribution in [0.5, 0.6) is 0 Å². The summed E-state index contributed by atoms with van der Waals surface area (Å²) in [4.78, 5) is 2.98. The molecule has 2 heterocycles. The number of nitrogens with one attached hydrogen (secondary N) is 1. The molecule has 0 unspecified atom stereocenters. The highest BCUT2D eigenvalue weighted by molar-refractivity contribution is 5.66. The summed E-state index contributed by atoms with van der Waals surface area (Å²) in [6, 6.07) is 5.79. The van der Waals surface area contributed by atoms with Gasteiger partial charge < -0.3 is 9.40 Å². The summed E-state index contributed by atoms with van der Waals surface area (Å²) in [7, 11) is 0. The van der Waals surface area contributed by atoms with Gasteiger partial charge in [0, 0.05) is 12.4 Å². The molecule has 2 aromatic rings. The number of hydrogen-bond acceptors (Lipinski definition) is 1. The zero-order valence-corrected chi connectivity index (χ0v) is 6.53. The van der Waals surface area contributed by atoms with Crippen molar-refractivity contribution >= 4 is 12.2 Å². The molecule has 0 bridgehead atoms. The number of furan rings is 1. The van der Waals surface area contributed by atoms with Crippen LogP contribution < -0.4 is 0 Å². The fourth-order valence-corrected chi connectivity index (χ4v) is 1.00. The van der Waals surface area contributed by atoms with Gasteiger partial charge in [0.15, 0.2) is 0 Å². The van der Waals surface area contributed by atoms with Gasteiger partial charge in [-0.2, -0.15) is 0 Å². The van der Waals surface area contributed by atoms with Crippen LogP contribution in [-0.2, 0) is 0 Å². The van der Waals surface area contributed by atoms with Gasteiger partial charge in [0.1, 0.15) is 5.76 Å². The normalized spacial score (nSPS) is 11.0. The van der Waals surface area contributed by atoms with Crippen molar-refractivity contribution in [1.82, 2.24) is 4.98 Å². The monoisotopic (exact) mass is 159 g/mol. The predicted octanol–water partition coefficient (Wildman–Crippen LogP) is 2.78. The summed E-state index contributed by atoms with van der Waals surface area (Å²) in [5, 5.41) is 0. The second kappa shape index (κ2) is 3.13. The minimum Gasteiger partial charge on any atom is -0.465 e. The zero-order chi connectivity index (χ0) is 8.23. The van der Waals surface area contributed by atoms with Crippen molar-refractivity contribution in [3.8, 4) is 0 Å². The average Bonchev–Trinajstić information content (AvgIpc) is 2.74. The molecule has 2 nitrogen and oxygen atoms in total. The van der Waals surface area contributed by atoms with E-state index in [-0.39, 0.29) is 0 Å². The summed E-state index contributed by atoms with van der Waals surface area (Å²) >= 11 is 0. The lowest BCUT2D eigenvalue weighted by molar-refractivity contribution is 0.557. The third kappa shape index (κ3) is 1.48. The number of rotatable bonds is 2. The summed E-state index contributed by atoms with van der Waals surface area (Å²) in [6.07, 6.45) is 9.41. The van der Waals surface area contributed by atoms with Gasteiger partial charge in [-0.3, -0.25) is 0 Å². The highest BCUT2D eigenvalue weighted by Crippen LogP contribution is 2.07. The van der Waals surface area contributed by atoms with Crippen molar-refractivity contribution in [3.05, 3.63) is 48.2 Å². The predicted molar refractivity (Wildman–Crippen MR) is 48.4 cm³/mol. The van der Waals surface area contributed by atoms with Gasteiger partial charge in [-0.1, -0.05) is 0 Å². The van der Waals surface area contributed by atoms with E-state index in [9.17, 15) is 0 Å². The van der Waals surface area contributed by atoms with Crippen molar-refractivity contribution < 1.29 is 4.42 Å². The van der Waals surface area contributed by atoms with Crippen LogP contribution >= 0.6 is 0 Å². The Morgan fingerprint density at radius 1 is 1.25 bits per heavy atom. The van der Waals surface area contributed by atoms with Gasteiger partial charge in [0.25, 0.3) is 0 Å². The van der Waals surface area contributed by atoms with E-state index in [1.807, 2.05) is 42.7 Å². The summed E-state index contributed by atoms with van der Waals surface area (Å²) < 4.78 is 5.13. The standard InChI is InChI=1S/C10H9NO/c1-2-10(12-7-1)4-3-9-5-6-11-8-9/h1-8,11H/b4-3+. The number of hydrogen-bond donors (Lipinski definition) is 1. The van der Waals surface area contributed by atoms with E-state index in [4.69, 9.17) is 4.42 Å². The summed E-state index contributed by atoms with van der Waals surface area (Å²) in [5.41, 5.74) is 1.14. The van der Waals surface area contributed by atoms with Crippen molar-refractivity contribution in [2.45, 2.75) is 0 Å². The van der Waals surface area contributed by atoms with Crippen molar-refractivity contribution in [2.75, 3.05) is 0 Å². The van der Waals surface area contributed by atoms with E-state index >= 15 is 0 Å². The third-order valence-electron chi connectivity index (χ3n) is 1.61. The van der Waals surface area contributed by atoms with Crippen LogP contribution in [0.3, 0.4) is 0 Å². The molecule has 0 aliphatic rings. The molecule has 0 spiro atoms. The molecule has 0 atom stereocenters. The highest BCUT2D eigenvalue weighted by Gasteiger charge is 1.87. The Morgan fingerprint density at radius 2 is 2.25 bits per heavy atom. The molecule has 0 aromatic carbocycles. The van der Waals surface area contributed by atoms with Crippen LogP contribution in [0.2, 0.25) is 0 Å². The fraction of sp³-hybridized carbons (Fsp3) is 0. The molecule has 0 fully saturated rings. The SMILES string of the molecule is C(=C\c1ccco1)/c1cc[nH]c1. The van der Waals surface area contributed by atoms with Gasteiger partial charge in [-0.15, -0.1) is 0 Å². The first-order chi connectivity index (χ1) is 5.95. The molecule has 12 heavy (non-hydrogen) atoms. The van der Waals surface area contributed by atoms with E-state index < -0.39 is 0 Å². The number of H-pyrrole nitrogens is 1. The highest BCUT2D eigenvalue weighted by atomic mass is 16.3. The largest absolute Gasteiger partial charge is 0.465 e. The Kier molecular flexibility index (Phi) is 1.82. The molecule has 2 aromatic heterocycles. The van der Waals surface area contributed by atoms with Crippen molar-refractivity contribution in [3.63, 3.8) is 0 Å². The lowest BCUT2D eigenvalue weighted by Crippen LogP contribution is -1.61. The van der Waals surface area contributed by atoms with Gasteiger partial charge in [0.2, 0.25) is 0 Å². The van der Waals surface area contributed by atoms with E-state index in [0.29, 0.717) is 0 Å². The zero-order valence-electron chi connectivity index (χ0n) is 6.53. The van der Waals surface area contributed by atoms with Gasteiger partial charge >= 0.3 is 0 Å². The summed E-state index contributed by atoms with van der Waals surface area (Å²) in [6.45, 7) is 0. The molecular formula is C10H9NO. The Balaban J connectivity index is 2.14. The van der Waals surface area contributed by atoms with Crippen LogP contribution in [0.4, 0.5) is 0 Å². The molecule has 2 heteroatoms. The first-order valence-corrected chi connectivity index (χ1v) is 3.79. The maximum Gasteiger partial charge on any atom is 0.126 e. The molecule has 0 saturated heterocycles. The first kappa shape index (κ1) is 6.98. The van der Waals surface area contributed by atoms with Crippen LogP contribution in [0.15, 0.2) is 41.3 Å². The Hall–Kier alpha value is -1.70. The Morgan fingerprint density at radius 3 is 2.92 bits per heavy atom. The van der Waals surface area contributed by atoms with E-state index in [2.05, 4.69) is 4.98 Å². The molecule has 2 rings (SSSR count). The molecule has 0 saturated carbocycles. The minimum atomic E-state index is 0.871. The Bertz CT molecular complexity index is 307. The van der Waals surface area contributed by atoms with Crippen LogP contribution in [0.1, 0.15) is 11.3 Å². The van der Waals surface area contributed by atoms with E-state index in [1.54, 1.807) is 6.26 Å². The lowest BCUT2D eigenvalue weighted by Gasteiger charge is -1.82. The number of aromatic amines is 1. The Labute approximate surface area is 70.5 Å². The average molecular weight is 159 g/mol. The first-order valence-electron chi connectivity index (χ1n) is 3.79. The molecule has 1 N–H and O–H groups in total. The maximum absolute atomic E-state index is 5.13. The van der Waals surface area contributed by atoms with Crippen molar-refractivity contribution in [1.29, 1.82) is 0 Å². The van der Waals surface area contributed by atoms with Crippen LogP contribution in [0.25, 0.3) is 12.2 Å². The van der Waals surface area contributed by atoms with Gasteiger partial charge in [0.05, 0.1) is 6.26 Å². The third-order valence-corrected chi connectivity index (χ3v) is 1.61. The van der Waals surface area contributed by atoms with Crippen LogP contribution in [-0.4, -0.2) is 4.98 Å². The van der Waals surface area contributed by atoms with Crippen molar-refractivity contribution in [2.24, 2.45) is 0 Å². The van der Waals surface area contributed by atoms with E-state index in [1.165, 1.54) is 0 Å². The van der Waals surface area contributed by atoms with Gasteiger partial charge in [-0.25, -0.2) is 0 Å². The molecule has 0 radical (unpaired) electrons. The topological polar surface area (TPSA) is 28.9 Å². The molecule has 0 aliphatic heterocycles. The number of aromatic nitrogens is 1. The summed E-state index contributed by atoms with van der Waals surface area (Å²) in [5.74, 6) is 0.871. The molecule has 0 amide bonds. The molecule has 0 aliphatic carbocycles. The van der Waals surface area contributed by atoms with Gasteiger partial charge in [-0.05, 0) is 35.9 Å².